The maximum Gasteiger partial charge on any atom is 0.411 e. The van der Waals surface area contributed by atoms with Gasteiger partial charge < -0.3 is 14.2 Å². The maximum absolute atomic E-state index is 13.1. The second-order valence-electron chi connectivity index (χ2n) is 9.86. The van der Waals surface area contributed by atoms with E-state index in [-0.39, 0.29) is 35.6 Å². The first kappa shape index (κ1) is 22.9. The molecule has 0 radical (unpaired) electrons. The number of carbonyl (C=O) groups is 3. The minimum absolute atomic E-state index is 0.00769. The zero-order valence-electron chi connectivity index (χ0n) is 17.3. The van der Waals surface area contributed by atoms with E-state index in [4.69, 9.17) is 14.0 Å². The topological polar surface area (TPSA) is 133 Å². The first-order valence-corrected chi connectivity index (χ1v) is 12.5. The van der Waals surface area contributed by atoms with Gasteiger partial charge in [-0.3, -0.25) is 18.9 Å². The fraction of sp³-hybridized carbons (Fsp3) is 0.850. The third-order valence-corrected chi connectivity index (χ3v) is 9.35. The molecule has 0 aromatic heterocycles. The lowest BCUT2D eigenvalue weighted by atomic mass is 9.79. The van der Waals surface area contributed by atoms with Crippen LogP contribution in [0.2, 0.25) is 0 Å². The molecule has 0 aromatic carbocycles. The van der Waals surface area contributed by atoms with Gasteiger partial charge in [-0.15, -0.1) is 0 Å². The molecule has 5 aliphatic rings. The number of alkyl halides is 3. The SMILES string of the molecule is O=C1OC2C3CC(CC13)C2OC(=O)C1C2CCC(C2)C1C(=O)OCC(C(F)(F)F)S(=O)(=O)O. The Bertz CT molecular complexity index is 980. The largest absolute Gasteiger partial charge is 0.464 e. The van der Waals surface area contributed by atoms with Gasteiger partial charge in [0.05, 0.1) is 17.8 Å². The van der Waals surface area contributed by atoms with Crippen LogP contribution in [-0.2, 0) is 38.7 Å². The first-order chi connectivity index (χ1) is 15.4. The van der Waals surface area contributed by atoms with E-state index in [1.807, 2.05) is 0 Å². The van der Waals surface area contributed by atoms with Crippen LogP contribution in [0.25, 0.3) is 0 Å². The molecule has 1 saturated heterocycles. The molecule has 33 heavy (non-hydrogen) atoms. The van der Waals surface area contributed by atoms with Crippen LogP contribution in [0, 0.1) is 41.4 Å². The number of hydrogen-bond acceptors (Lipinski definition) is 8. The van der Waals surface area contributed by atoms with Gasteiger partial charge in [-0.2, -0.15) is 21.6 Å². The molecule has 4 aliphatic carbocycles. The molecule has 9 nitrogen and oxygen atoms in total. The number of hydrogen-bond donors (Lipinski definition) is 1. The summed E-state index contributed by atoms with van der Waals surface area (Å²) in [6.07, 6.45) is -3.39. The molecule has 184 valence electrons. The summed E-state index contributed by atoms with van der Waals surface area (Å²) in [4.78, 5) is 37.7. The molecular formula is C20H23F3O9S. The maximum atomic E-state index is 13.1. The Morgan fingerprint density at radius 1 is 1.06 bits per heavy atom. The van der Waals surface area contributed by atoms with Gasteiger partial charge in [-0.1, -0.05) is 0 Å². The summed E-state index contributed by atoms with van der Waals surface area (Å²) in [5, 5.41) is -3.27. The highest BCUT2D eigenvalue weighted by Gasteiger charge is 2.64. The average molecular weight is 496 g/mol. The monoisotopic (exact) mass is 496 g/mol. The molecule has 5 fully saturated rings. The van der Waals surface area contributed by atoms with Crippen LogP contribution in [-0.4, -0.2) is 61.1 Å². The van der Waals surface area contributed by atoms with E-state index < -0.39 is 64.1 Å². The highest BCUT2D eigenvalue weighted by atomic mass is 32.2. The second kappa shape index (κ2) is 7.56. The first-order valence-electron chi connectivity index (χ1n) is 11.0. The Kier molecular flexibility index (Phi) is 5.24. The van der Waals surface area contributed by atoms with E-state index >= 15 is 0 Å². The summed E-state index contributed by atoms with van der Waals surface area (Å²) in [5.74, 6) is -4.67. The van der Waals surface area contributed by atoms with E-state index in [2.05, 4.69) is 4.74 Å². The van der Waals surface area contributed by atoms with Gasteiger partial charge in [0.15, 0.2) is 0 Å². The fourth-order valence-electron chi connectivity index (χ4n) is 6.85. The lowest BCUT2D eigenvalue weighted by Crippen LogP contribution is -2.44. The van der Waals surface area contributed by atoms with Crippen molar-refractivity contribution in [3.63, 3.8) is 0 Å². The lowest BCUT2D eigenvalue weighted by molar-refractivity contribution is -0.176. The minimum atomic E-state index is -5.55. The third-order valence-electron chi connectivity index (χ3n) is 8.23. The van der Waals surface area contributed by atoms with Crippen LogP contribution >= 0.6 is 0 Å². The van der Waals surface area contributed by atoms with Crippen LogP contribution < -0.4 is 0 Å². The molecule has 4 saturated carbocycles. The highest BCUT2D eigenvalue weighted by Crippen LogP contribution is 2.57. The Balaban J connectivity index is 1.27. The zero-order chi connectivity index (χ0) is 23.9. The molecule has 10 atom stereocenters. The van der Waals surface area contributed by atoms with Crippen molar-refractivity contribution in [2.75, 3.05) is 6.61 Å². The molecule has 1 heterocycles. The van der Waals surface area contributed by atoms with E-state index in [1.54, 1.807) is 0 Å². The number of carbonyl (C=O) groups excluding carboxylic acids is 3. The summed E-state index contributed by atoms with van der Waals surface area (Å²) in [6.45, 7) is -1.59. The van der Waals surface area contributed by atoms with Crippen LogP contribution in [0.4, 0.5) is 13.2 Å². The van der Waals surface area contributed by atoms with E-state index in [9.17, 15) is 36.0 Å². The molecule has 13 heteroatoms. The van der Waals surface area contributed by atoms with Crippen molar-refractivity contribution < 1.29 is 54.7 Å². The quantitative estimate of drug-likeness (QED) is 0.330. The van der Waals surface area contributed by atoms with Gasteiger partial charge in [0.25, 0.3) is 10.1 Å². The third kappa shape index (κ3) is 3.71. The van der Waals surface area contributed by atoms with Gasteiger partial charge in [0.1, 0.15) is 18.8 Å². The number of fused-ring (bicyclic) bond motifs is 3. The van der Waals surface area contributed by atoms with Crippen molar-refractivity contribution in [3.05, 3.63) is 0 Å². The molecule has 0 aromatic rings. The van der Waals surface area contributed by atoms with Crippen molar-refractivity contribution >= 4 is 28.0 Å². The van der Waals surface area contributed by atoms with Crippen molar-refractivity contribution in [1.82, 2.24) is 0 Å². The van der Waals surface area contributed by atoms with Crippen molar-refractivity contribution in [2.24, 2.45) is 41.4 Å². The summed E-state index contributed by atoms with van der Waals surface area (Å²) in [6, 6.07) is 0. The molecule has 1 N–H and O–H groups in total. The van der Waals surface area contributed by atoms with Gasteiger partial charge >= 0.3 is 24.1 Å². The van der Waals surface area contributed by atoms with Crippen molar-refractivity contribution in [1.29, 1.82) is 0 Å². The lowest BCUT2D eigenvalue weighted by Gasteiger charge is -2.31. The second-order valence-corrected chi connectivity index (χ2v) is 11.5. The standard InChI is InChI=1S/C20H23F3O9S/c21-20(22,23)12(33(27,28)29)6-30-18(25)13-7-1-2-8(3-7)14(13)19(26)31-15-9-4-10-11(5-9)17(24)32-16(10)15/h7-16H,1-6H2,(H,27,28,29). The normalized spacial score (nSPS) is 41.8. The molecule has 10 unspecified atom stereocenters. The molecule has 1 aliphatic heterocycles. The van der Waals surface area contributed by atoms with E-state index in [0.717, 1.165) is 6.42 Å². The fourth-order valence-corrected chi connectivity index (χ4v) is 7.43. The van der Waals surface area contributed by atoms with Gasteiger partial charge in [0, 0.05) is 11.8 Å². The van der Waals surface area contributed by atoms with E-state index in [1.165, 1.54) is 0 Å². The minimum Gasteiger partial charge on any atom is -0.464 e. The molecule has 5 rings (SSSR count). The summed E-state index contributed by atoms with van der Waals surface area (Å²) < 4.78 is 85.7. The Morgan fingerprint density at radius 3 is 2.30 bits per heavy atom. The van der Waals surface area contributed by atoms with Crippen LogP contribution in [0.15, 0.2) is 0 Å². The number of rotatable bonds is 6. The molecule has 0 amide bonds. The number of ether oxygens (including phenoxy) is 3. The number of esters is 3. The van der Waals surface area contributed by atoms with Crippen LogP contribution in [0.5, 0.6) is 0 Å². The van der Waals surface area contributed by atoms with Crippen molar-refractivity contribution in [3.8, 4) is 0 Å². The molecule has 0 spiro atoms. The molecular weight excluding hydrogens is 473 g/mol. The average Bonchev–Trinajstić information content (AvgIpc) is 3.47. The van der Waals surface area contributed by atoms with Gasteiger partial charge in [-0.25, -0.2) is 0 Å². The summed E-state index contributed by atoms with van der Waals surface area (Å²) in [5.41, 5.74) is 0. The van der Waals surface area contributed by atoms with Gasteiger partial charge in [0.2, 0.25) is 5.25 Å². The predicted molar refractivity (Wildman–Crippen MR) is 99.6 cm³/mol. The molecule has 4 bridgehead atoms. The zero-order valence-corrected chi connectivity index (χ0v) is 18.1. The van der Waals surface area contributed by atoms with Gasteiger partial charge in [-0.05, 0) is 43.9 Å². The Morgan fingerprint density at radius 2 is 1.70 bits per heavy atom. The van der Waals surface area contributed by atoms with Crippen molar-refractivity contribution in [2.45, 2.75) is 55.7 Å². The van der Waals surface area contributed by atoms with E-state index in [0.29, 0.717) is 25.7 Å². The Hall–Kier alpha value is -1.89. The summed E-state index contributed by atoms with van der Waals surface area (Å²) >= 11 is 0. The van der Waals surface area contributed by atoms with Crippen LogP contribution in [0.3, 0.4) is 0 Å². The number of halogens is 3. The van der Waals surface area contributed by atoms with Crippen LogP contribution in [0.1, 0.15) is 32.1 Å². The predicted octanol–water partition coefficient (Wildman–Crippen LogP) is 1.50. The highest BCUT2D eigenvalue weighted by molar-refractivity contribution is 7.86. The summed E-state index contributed by atoms with van der Waals surface area (Å²) in [7, 11) is -5.55. The smallest absolute Gasteiger partial charge is 0.411 e. The Labute approximate surface area is 187 Å².